The van der Waals surface area contributed by atoms with Crippen LogP contribution >= 0.6 is 11.6 Å². The SMILES string of the molecule is CC1(C)C(NC(=O)c2cc(S(=O)(=O)N3CCOCC3)c(F)cc2Cl)[C@]2(C)CC[C@@H]1C2. The Morgan fingerprint density at radius 1 is 1.27 bits per heavy atom. The van der Waals surface area contributed by atoms with Gasteiger partial charge in [0.25, 0.3) is 5.91 Å². The van der Waals surface area contributed by atoms with Crippen molar-refractivity contribution in [1.82, 2.24) is 9.62 Å². The fourth-order valence-electron chi connectivity index (χ4n) is 5.70. The third-order valence-electron chi connectivity index (χ3n) is 7.40. The third kappa shape index (κ3) is 3.45. The number of benzene rings is 1. The number of ether oxygens (including phenoxy) is 1. The number of nitrogens with zero attached hydrogens (tertiary/aromatic N) is 1. The van der Waals surface area contributed by atoms with Crippen LogP contribution in [0.3, 0.4) is 0 Å². The Morgan fingerprint density at radius 2 is 1.93 bits per heavy atom. The van der Waals surface area contributed by atoms with Crippen LogP contribution in [0.15, 0.2) is 17.0 Å². The van der Waals surface area contributed by atoms with Gasteiger partial charge < -0.3 is 10.1 Å². The molecule has 1 unspecified atom stereocenters. The molecule has 1 amide bonds. The number of hydrogen-bond acceptors (Lipinski definition) is 4. The van der Waals surface area contributed by atoms with Crippen molar-refractivity contribution in [3.8, 4) is 0 Å². The number of nitrogens with one attached hydrogen (secondary N) is 1. The first-order chi connectivity index (χ1) is 14.0. The second-order valence-electron chi connectivity index (χ2n) is 9.60. The topological polar surface area (TPSA) is 75.7 Å². The Balaban J connectivity index is 1.65. The summed E-state index contributed by atoms with van der Waals surface area (Å²) in [5.74, 6) is -0.894. The number of carbonyl (C=O) groups excluding carboxylic acids is 1. The fourth-order valence-corrected chi connectivity index (χ4v) is 7.41. The third-order valence-corrected chi connectivity index (χ3v) is 9.63. The molecule has 1 N–H and O–H groups in total. The molecule has 30 heavy (non-hydrogen) atoms. The number of carbonyl (C=O) groups is 1. The van der Waals surface area contributed by atoms with Crippen molar-refractivity contribution >= 4 is 27.5 Å². The lowest BCUT2D eigenvalue weighted by Gasteiger charge is -2.43. The smallest absolute Gasteiger partial charge is 0.253 e. The summed E-state index contributed by atoms with van der Waals surface area (Å²) in [6, 6.07) is 1.93. The van der Waals surface area contributed by atoms with Crippen LogP contribution in [-0.2, 0) is 14.8 Å². The van der Waals surface area contributed by atoms with Crippen LogP contribution < -0.4 is 5.32 Å². The number of sulfonamides is 1. The lowest BCUT2D eigenvalue weighted by molar-refractivity contribution is 0.0727. The maximum absolute atomic E-state index is 14.6. The van der Waals surface area contributed by atoms with Gasteiger partial charge in [0.1, 0.15) is 10.7 Å². The molecule has 0 aromatic heterocycles. The molecule has 1 saturated heterocycles. The summed E-state index contributed by atoms with van der Waals surface area (Å²) in [6.07, 6.45) is 3.24. The van der Waals surface area contributed by atoms with Crippen LogP contribution in [-0.4, -0.2) is 51.0 Å². The summed E-state index contributed by atoms with van der Waals surface area (Å²) < 4.78 is 46.9. The second kappa shape index (κ2) is 7.43. The maximum atomic E-state index is 14.6. The predicted octanol–water partition coefficient (Wildman–Crippen LogP) is 3.44. The summed E-state index contributed by atoms with van der Waals surface area (Å²) >= 11 is 6.17. The minimum Gasteiger partial charge on any atom is -0.379 e. The van der Waals surface area contributed by atoms with E-state index < -0.39 is 26.6 Å². The molecule has 2 aliphatic carbocycles. The number of morpholine rings is 1. The molecule has 9 heteroatoms. The molecule has 3 atom stereocenters. The van der Waals surface area contributed by atoms with Gasteiger partial charge in [0.05, 0.1) is 23.8 Å². The molecule has 1 aliphatic heterocycles. The van der Waals surface area contributed by atoms with Crippen LogP contribution in [0.1, 0.15) is 50.4 Å². The van der Waals surface area contributed by atoms with Gasteiger partial charge >= 0.3 is 0 Å². The fraction of sp³-hybridized carbons (Fsp3) is 0.667. The lowest BCUT2D eigenvalue weighted by Crippen LogP contribution is -2.52. The van der Waals surface area contributed by atoms with E-state index in [1.807, 2.05) is 0 Å². The summed E-state index contributed by atoms with van der Waals surface area (Å²) in [5.41, 5.74) is -0.0937. The summed E-state index contributed by atoms with van der Waals surface area (Å²) in [5, 5.41) is 3.00. The van der Waals surface area contributed by atoms with Crippen LogP contribution in [0.5, 0.6) is 0 Å². The minimum atomic E-state index is -4.10. The van der Waals surface area contributed by atoms with Gasteiger partial charge in [-0.2, -0.15) is 4.31 Å². The van der Waals surface area contributed by atoms with Crippen LogP contribution in [0.4, 0.5) is 4.39 Å². The Labute approximate surface area is 182 Å². The zero-order valence-corrected chi connectivity index (χ0v) is 19.1. The quantitative estimate of drug-likeness (QED) is 0.749. The molecule has 0 radical (unpaired) electrons. The molecule has 4 rings (SSSR count). The van der Waals surface area contributed by atoms with E-state index in [1.54, 1.807) is 0 Å². The van der Waals surface area contributed by atoms with Gasteiger partial charge in [-0.05, 0) is 48.1 Å². The average molecular weight is 459 g/mol. The molecule has 1 heterocycles. The molecular weight excluding hydrogens is 431 g/mol. The van der Waals surface area contributed by atoms with Crippen LogP contribution in [0.2, 0.25) is 5.02 Å². The highest BCUT2D eigenvalue weighted by atomic mass is 35.5. The van der Waals surface area contributed by atoms with E-state index in [9.17, 15) is 17.6 Å². The number of rotatable bonds is 4. The average Bonchev–Trinajstić information content (AvgIpc) is 3.16. The lowest BCUT2D eigenvalue weighted by atomic mass is 9.68. The summed E-state index contributed by atoms with van der Waals surface area (Å²) in [6.45, 7) is 7.29. The van der Waals surface area contributed by atoms with Crippen molar-refractivity contribution in [2.75, 3.05) is 26.3 Å². The highest BCUT2D eigenvalue weighted by molar-refractivity contribution is 7.89. The number of amides is 1. The first-order valence-electron chi connectivity index (χ1n) is 10.3. The van der Waals surface area contributed by atoms with Gasteiger partial charge in [-0.3, -0.25) is 4.79 Å². The van der Waals surface area contributed by atoms with E-state index in [2.05, 4.69) is 26.1 Å². The number of fused-ring (bicyclic) bond motifs is 2. The Morgan fingerprint density at radius 3 is 2.53 bits per heavy atom. The van der Waals surface area contributed by atoms with Gasteiger partial charge in [-0.15, -0.1) is 0 Å². The van der Waals surface area contributed by atoms with E-state index in [0.29, 0.717) is 5.92 Å². The monoisotopic (exact) mass is 458 g/mol. The Hall–Kier alpha value is -1.22. The Kier molecular flexibility index (Phi) is 5.45. The van der Waals surface area contributed by atoms with E-state index in [-0.39, 0.29) is 53.8 Å². The first-order valence-corrected chi connectivity index (χ1v) is 12.2. The molecular formula is C21H28ClFN2O4S. The maximum Gasteiger partial charge on any atom is 0.253 e. The van der Waals surface area contributed by atoms with Crippen molar-refractivity contribution in [3.05, 3.63) is 28.5 Å². The van der Waals surface area contributed by atoms with Crippen molar-refractivity contribution < 1.29 is 22.3 Å². The first kappa shape index (κ1) is 22.0. The number of hydrogen-bond donors (Lipinski definition) is 1. The van der Waals surface area contributed by atoms with Crippen molar-refractivity contribution in [2.24, 2.45) is 16.7 Å². The number of halogens is 2. The van der Waals surface area contributed by atoms with Gasteiger partial charge in [-0.1, -0.05) is 32.4 Å². The molecule has 1 aromatic rings. The molecule has 2 saturated carbocycles. The molecule has 6 nitrogen and oxygen atoms in total. The zero-order valence-electron chi connectivity index (χ0n) is 17.5. The molecule has 0 spiro atoms. The standard InChI is InChI=1S/C21H28ClFN2O4S/c1-20(2)13-4-5-21(3,12-13)19(20)24-18(26)14-10-17(16(23)11-15(14)22)30(27,28)25-6-8-29-9-7-25/h10-11,13,19H,4-9,12H2,1-3H3,(H,24,26)/t13-,19?,21-/m1/s1. The normalized spacial score (nSPS) is 31.1. The highest BCUT2D eigenvalue weighted by Crippen LogP contribution is 2.62. The Bertz CT molecular complexity index is 973. The molecule has 1 aromatic carbocycles. The largest absolute Gasteiger partial charge is 0.379 e. The minimum absolute atomic E-state index is 0.000952. The molecule has 3 aliphatic rings. The summed E-state index contributed by atoms with van der Waals surface area (Å²) in [7, 11) is -4.10. The van der Waals surface area contributed by atoms with Crippen LogP contribution in [0.25, 0.3) is 0 Å². The van der Waals surface area contributed by atoms with Gasteiger partial charge in [0.2, 0.25) is 10.0 Å². The molecule has 2 bridgehead atoms. The van der Waals surface area contributed by atoms with E-state index >= 15 is 0 Å². The van der Waals surface area contributed by atoms with E-state index in [0.717, 1.165) is 31.4 Å². The van der Waals surface area contributed by atoms with E-state index in [1.165, 1.54) is 4.31 Å². The summed E-state index contributed by atoms with van der Waals surface area (Å²) in [4.78, 5) is 12.6. The van der Waals surface area contributed by atoms with Crippen molar-refractivity contribution in [3.63, 3.8) is 0 Å². The van der Waals surface area contributed by atoms with E-state index in [4.69, 9.17) is 16.3 Å². The van der Waals surface area contributed by atoms with Gasteiger partial charge in [0, 0.05) is 19.1 Å². The highest BCUT2D eigenvalue weighted by Gasteiger charge is 2.59. The predicted molar refractivity (Wildman–Crippen MR) is 111 cm³/mol. The van der Waals surface area contributed by atoms with Crippen LogP contribution in [0, 0.1) is 22.6 Å². The second-order valence-corrected chi connectivity index (χ2v) is 11.9. The van der Waals surface area contributed by atoms with Crippen molar-refractivity contribution in [1.29, 1.82) is 0 Å². The molecule has 3 fully saturated rings. The van der Waals surface area contributed by atoms with Gasteiger partial charge in [-0.25, -0.2) is 12.8 Å². The molecule has 166 valence electrons. The van der Waals surface area contributed by atoms with Gasteiger partial charge in [0.15, 0.2) is 0 Å². The zero-order chi connectivity index (χ0) is 21.9. The van der Waals surface area contributed by atoms with Crippen molar-refractivity contribution in [2.45, 2.75) is 51.0 Å².